The Labute approximate surface area is 169 Å². The fourth-order valence-corrected chi connectivity index (χ4v) is 3.97. The molecule has 2 amide bonds. The number of aliphatic imine (C=N–C) groups is 1. The van der Waals surface area contributed by atoms with Crippen molar-refractivity contribution >= 4 is 40.5 Å². The van der Waals surface area contributed by atoms with Crippen molar-refractivity contribution < 1.29 is 14.0 Å². The molecular weight excluding hydrogens is 403 g/mol. The average Bonchev–Trinajstić information content (AvgIpc) is 3.30. The Balaban J connectivity index is 1.58. The number of aromatic nitrogens is 3. The van der Waals surface area contributed by atoms with Crippen molar-refractivity contribution in [2.24, 2.45) is 12.0 Å². The van der Waals surface area contributed by atoms with E-state index in [0.29, 0.717) is 16.1 Å². The molecule has 1 aromatic heterocycles. The largest absolute Gasteiger partial charge is 0.342 e. The summed E-state index contributed by atoms with van der Waals surface area (Å²) in [6.45, 7) is 2.45. The molecule has 28 heavy (non-hydrogen) atoms. The van der Waals surface area contributed by atoms with Gasteiger partial charge in [-0.1, -0.05) is 35.7 Å². The number of benzene rings is 1. The molecule has 1 atom stereocenters. The van der Waals surface area contributed by atoms with Gasteiger partial charge in [0.2, 0.25) is 5.91 Å². The van der Waals surface area contributed by atoms with Crippen LogP contribution in [0.4, 0.5) is 4.39 Å². The minimum Gasteiger partial charge on any atom is -0.342 e. The van der Waals surface area contributed by atoms with E-state index < -0.39 is 17.8 Å². The van der Waals surface area contributed by atoms with Crippen LogP contribution >= 0.6 is 23.5 Å². The van der Waals surface area contributed by atoms with Gasteiger partial charge in [0, 0.05) is 12.8 Å². The number of amidine groups is 1. The monoisotopic (exact) mass is 422 g/mol. The third-order valence-corrected chi connectivity index (χ3v) is 5.80. The molecule has 0 saturated carbocycles. The third-order valence-electron chi connectivity index (χ3n) is 3.89. The standard InChI is InChI=1S/C17H19FN6O2S2/c1-10(20-15(26)11-5-3-4-6-12(11)18)14-22-23-17(24(14)2)28-9-13(25)21-16-19-7-8-27-16/h3-6,10H,7-9H2,1-2H3,(H,20,26)(H,19,21,25)/t10-/m0/s1. The second-order valence-corrected chi connectivity index (χ2v) is 7.97. The Hall–Kier alpha value is -2.40. The summed E-state index contributed by atoms with van der Waals surface area (Å²) in [4.78, 5) is 28.4. The Kier molecular flexibility index (Phi) is 6.68. The summed E-state index contributed by atoms with van der Waals surface area (Å²) in [5, 5.41) is 14.8. The molecule has 2 N–H and O–H groups in total. The minimum atomic E-state index is -0.586. The Morgan fingerprint density at radius 3 is 2.86 bits per heavy atom. The summed E-state index contributed by atoms with van der Waals surface area (Å²) in [5.74, 6) is 0.273. The van der Waals surface area contributed by atoms with Crippen molar-refractivity contribution in [3.05, 3.63) is 41.5 Å². The molecule has 2 heterocycles. The number of hydrogen-bond acceptors (Lipinski definition) is 7. The van der Waals surface area contributed by atoms with Crippen molar-refractivity contribution in [3.63, 3.8) is 0 Å². The maximum Gasteiger partial charge on any atom is 0.254 e. The van der Waals surface area contributed by atoms with Crippen molar-refractivity contribution in [2.75, 3.05) is 18.1 Å². The van der Waals surface area contributed by atoms with Crippen LogP contribution in [0.3, 0.4) is 0 Å². The molecule has 1 aliphatic heterocycles. The normalized spacial score (nSPS) is 14.5. The van der Waals surface area contributed by atoms with Crippen LogP contribution in [0.15, 0.2) is 34.4 Å². The number of halogens is 1. The molecule has 0 aliphatic carbocycles. The Morgan fingerprint density at radius 1 is 1.36 bits per heavy atom. The van der Waals surface area contributed by atoms with Crippen molar-refractivity contribution in [1.82, 2.24) is 25.4 Å². The van der Waals surface area contributed by atoms with Gasteiger partial charge in [0.05, 0.1) is 23.9 Å². The van der Waals surface area contributed by atoms with Crippen LogP contribution in [0.2, 0.25) is 0 Å². The van der Waals surface area contributed by atoms with Crippen LogP contribution < -0.4 is 10.6 Å². The van der Waals surface area contributed by atoms with Gasteiger partial charge < -0.3 is 15.2 Å². The number of rotatable bonds is 6. The third kappa shape index (κ3) is 4.90. The lowest BCUT2D eigenvalue weighted by Gasteiger charge is -2.14. The van der Waals surface area contributed by atoms with Gasteiger partial charge in [-0.05, 0) is 19.1 Å². The second kappa shape index (κ2) is 9.20. The first kappa shape index (κ1) is 20.3. The Bertz CT molecular complexity index is 917. The van der Waals surface area contributed by atoms with Crippen LogP contribution in [-0.2, 0) is 11.8 Å². The molecule has 3 rings (SSSR count). The zero-order valence-corrected chi connectivity index (χ0v) is 16.9. The highest BCUT2D eigenvalue weighted by Gasteiger charge is 2.20. The lowest BCUT2D eigenvalue weighted by Crippen LogP contribution is -2.29. The second-order valence-electron chi connectivity index (χ2n) is 5.95. The number of thioether (sulfide) groups is 2. The molecule has 2 aromatic rings. The first-order valence-electron chi connectivity index (χ1n) is 8.50. The van der Waals surface area contributed by atoms with E-state index in [2.05, 4.69) is 25.8 Å². The van der Waals surface area contributed by atoms with Crippen molar-refractivity contribution in [2.45, 2.75) is 18.1 Å². The molecular formula is C17H19FN6O2S2. The van der Waals surface area contributed by atoms with Crippen LogP contribution in [0.5, 0.6) is 0 Å². The van der Waals surface area contributed by atoms with E-state index in [1.54, 1.807) is 24.6 Å². The van der Waals surface area contributed by atoms with E-state index in [1.165, 1.54) is 41.7 Å². The molecule has 0 bridgehead atoms. The molecule has 8 nitrogen and oxygen atoms in total. The number of hydrogen-bond donors (Lipinski definition) is 2. The lowest BCUT2D eigenvalue weighted by atomic mass is 10.2. The van der Waals surface area contributed by atoms with Gasteiger partial charge in [-0.15, -0.1) is 10.2 Å². The van der Waals surface area contributed by atoms with Crippen molar-refractivity contribution in [1.29, 1.82) is 0 Å². The van der Waals surface area contributed by atoms with E-state index in [0.717, 1.165) is 12.3 Å². The lowest BCUT2D eigenvalue weighted by molar-refractivity contribution is -0.117. The molecule has 0 unspecified atom stereocenters. The number of carbonyl (C=O) groups is 2. The summed E-state index contributed by atoms with van der Waals surface area (Å²) in [6, 6.07) is 5.28. The molecule has 148 valence electrons. The number of amides is 2. The highest BCUT2D eigenvalue weighted by molar-refractivity contribution is 8.14. The fourth-order valence-electron chi connectivity index (χ4n) is 2.51. The average molecular weight is 423 g/mol. The van der Waals surface area contributed by atoms with Crippen LogP contribution in [-0.4, -0.2) is 49.8 Å². The van der Waals surface area contributed by atoms with Crippen LogP contribution in [0, 0.1) is 5.82 Å². The Morgan fingerprint density at radius 2 is 2.14 bits per heavy atom. The predicted molar refractivity (Wildman–Crippen MR) is 107 cm³/mol. The first-order chi connectivity index (χ1) is 13.5. The number of nitrogens with zero attached hydrogens (tertiary/aromatic N) is 4. The summed E-state index contributed by atoms with van der Waals surface area (Å²) < 4.78 is 15.5. The molecule has 0 spiro atoms. The fraction of sp³-hybridized carbons (Fsp3) is 0.353. The van der Waals surface area contributed by atoms with E-state index in [9.17, 15) is 14.0 Å². The van der Waals surface area contributed by atoms with E-state index in [1.807, 2.05) is 0 Å². The maximum absolute atomic E-state index is 13.8. The number of carbonyl (C=O) groups excluding carboxylic acids is 2. The van der Waals surface area contributed by atoms with Crippen LogP contribution in [0.25, 0.3) is 0 Å². The van der Waals surface area contributed by atoms with Gasteiger partial charge in [0.15, 0.2) is 16.1 Å². The van der Waals surface area contributed by atoms with E-state index in [4.69, 9.17) is 0 Å². The number of nitrogens with one attached hydrogen (secondary N) is 2. The maximum atomic E-state index is 13.8. The zero-order valence-electron chi connectivity index (χ0n) is 15.3. The van der Waals surface area contributed by atoms with Gasteiger partial charge in [0.25, 0.3) is 5.91 Å². The molecule has 11 heteroatoms. The predicted octanol–water partition coefficient (Wildman–Crippen LogP) is 1.76. The summed E-state index contributed by atoms with van der Waals surface area (Å²) in [7, 11) is 1.75. The molecule has 1 aliphatic rings. The first-order valence-corrected chi connectivity index (χ1v) is 10.5. The molecule has 0 fully saturated rings. The highest BCUT2D eigenvalue weighted by Crippen LogP contribution is 2.20. The molecule has 0 radical (unpaired) electrons. The van der Waals surface area contributed by atoms with Gasteiger partial charge >= 0.3 is 0 Å². The zero-order chi connectivity index (χ0) is 20.1. The highest BCUT2D eigenvalue weighted by atomic mass is 32.2. The molecule has 0 saturated heterocycles. The van der Waals surface area contributed by atoms with Gasteiger partial charge in [-0.2, -0.15) is 0 Å². The smallest absolute Gasteiger partial charge is 0.254 e. The topological polar surface area (TPSA) is 101 Å². The van der Waals surface area contributed by atoms with E-state index >= 15 is 0 Å². The summed E-state index contributed by atoms with van der Waals surface area (Å²) in [6.07, 6.45) is 0. The van der Waals surface area contributed by atoms with Gasteiger partial charge in [-0.25, -0.2) is 4.39 Å². The van der Waals surface area contributed by atoms with Gasteiger partial charge in [-0.3, -0.25) is 14.6 Å². The van der Waals surface area contributed by atoms with Crippen molar-refractivity contribution in [3.8, 4) is 0 Å². The molecule has 1 aromatic carbocycles. The van der Waals surface area contributed by atoms with Gasteiger partial charge in [0.1, 0.15) is 5.82 Å². The minimum absolute atomic E-state index is 0.0320. The van der Waals surface area contributed by atoms with Crippen LogP contribution in [0.1, 0.15) is 29.1 Å². The summed E-state index contributed by atoms with van der Waals surface area (Å²) >= 11 is 2.75. The quantitative estimate of drug-likeness (QED) is 0.688. The SMILES string of the molecule is C[C@H](NC(=O)c1ccccc1F)c1nnc(SCC(=O)NC2=NCCS2)n1C. The summed E-state index contributed by atoms with van der Waals surface area (Å²) in [5.41, 5.74) is -0.0320. The van der Waals surface area contributed by atoms with E-state index in [-0.39, 0.29) is 17.2 Å².